The zero-order valence-corrected chi connectivity index (χ0v) is 23.2. The molecule has 0 bridgehead atoms. The van der Waals surface area contributed by atoms with E-state index >= 15 is 0 Å². The molecule has 2 fully saturated rings. The van der Waals surface area contributed by atoms with Crippen LogP contribution in [0.3, 0.4) is 0 Å². The van der Waals surface area contributed by atoms with Crippen LogP contribution >= 0.6 is 0 Å². The lowest BCUT2D eigenvalue weighted by molar-refractivity contribution is 0.0698. The van der Waals surface area contributed by atoms with Crippen molar-refractivity contribution in [1.29, 1.82) is 5.26 Å². The first-order valence-corrected chi connectivity index (χ1v) is 14.0. The third-order valence-electron chi connectivity index (χ3n) is 8.39. The van der Waals surface area contributed by atoms with Crippen molar-refractivity contribution in [1.82, 2.24) is 9.88 Å². The zero-order chi connectivity index (χ0) is 28.2. The van der Waals surface area contributed by atoms with E-state index in [9.17, 15) is 19.6 Å². The van der Waals surface area contributed by atoms with Gasteiger partial charge in [-0.2, -0.15) is 5.26 Å². The number of aromatic nitrogens is 1. The van der Waals surface area contributed by atoms with Crippen LogP contribution in [0.25, 0.3) is 0 Å². The van der Waals surface area contributed by atoms with E-state index in [0.29, 0.717) is 36.9 Å². The van der Waals surface area contributed by atoms with Crippen LogP contribution in [0.4, 0.5) is 15.9 Å². The minimum absolute atomic E-state index is 0.0214. The molecule has 2 aromatic carbocycles. The normalized spacial score (nSPS) is 18.1. The number of hydrogen-bond donors (Lipinski definition) is 1. The van der Waals surface area contributed by atoms with Gasteiger partial charge in [-0.25, -0.2) is 9.37 Å². The van der Waals surface area contributed by atoms with E-state index in [1.165, 1.54) is 23.4 Å². The Kier molecular flexibility index (Phi) is 8.32. The molecule has 2 saturated heterocycles. The number of carbonyl (C=O) groups is 1. The van der Waals surface area contributed by atoms with Crippen molar-refractivity contribution >= 4 is 17.4 Å². The van der Waals surface area contributed by atoms with Crippen molar-refractivity contribution in [3.05, 3.63) is 88.4 Å². The minimum Gasteiger partial charge on any atom is -0.394 e. The number of nitrogens with zero attached hydrogens (tertiary/aromatic N) is 5. The van der Waals surface area contributed by atoms with Gasteiger partial charge in [0.05, 0.1) is 30.1 Å². The molecule has 7 nitrogen and oxygen atoms in total. The van der Waals surface area contributed by atoms with Gasteiger partial charge in [-0.1, -0.05) is 18.2 Å². The predicted octanol–water partition coefficient (Wildman–Crippen LogP) is 4.49. The van der Waals surface area contributed by atoms with Gasteiger partial charge in [-0.15, -0.1) is 0 Å². The third kappa shape index (κ3) is 5.80. The van der Waals surface area contributed by atoms with E-state index in [1.807, 2.05) is 41.0 Å². The first-order chi connectivity index (χ1) is 19.4. The Balaban J connectivity index is 1.25. The van der Waals surface area contributed by atoms with Crippen molar-refractivity contribution in [3.8, 4) is 6.07 Å². The number of halogens is 1. The number of para-hydroxylation sites is 1. The second-order valence-electron chi connectivity index (χ2n) is 11.0. The van der Waals surface area contributed by atoms with Gasteiger partial charge in [-0.05, 0) is 86.1 Å². The molecule has 3 aromatic rings. The molecule has 0 aliphatic carbocycles. The number of hydrogen-bond acceptors (Lipinski definition) is 6. The highest BCUT2D eigenvalue weighted by atomic mass is 19.1. The van der Waals surface area contributed by atoms with Crippen LogP contribution in [0.5, 0.6) is 0 Å². The van der Waals surface area contributed by atoms with Crippen molar-refractivity contribution < 1.29 is 14.3 Å². The van der Waals surface area contributed by atoms with Gasteiger partial charge < -0.3 is 19.8 Å². The second kappa shape index (κ2) is 12.1. The van der Waals surface area contributed by atoms with E-state index in [1.54, 1.807) is 6.07 Å². The Labute approximate surface area is 235 Å². The summed E-state index contributed by atoms with van der Waals surface area (Å²) in [6.45, 7) is 7.19. The van der Waals surface area contributed by atoms with Crippen LogP contribution in [-0.4, -0.2) is 66.3 Å². The summed E-state index contributed by atoms with van der Waals surface area (Å²) in [5, 5.41) is 19.6. The molecule has 40 heavy (non-hydrogen) atoms. The molecule has 0 spiro atoms. The lowest BCUT2D eigenvalue weighted by Crippen LogP contribution is -2.56. The fourth-order valence-corrected chi connectivity index (χ4v) is 6.09. The van der Waals surface area contributed by atoms with Crippen LogP contribution in [0.1, 0.15) is 45.5 Å². The number of carbonyl (C=O) groups excluding carboxylic acids is 1. The SMILES string of the molecule is Cc1cc(C)c(C(=O)N2CCN(c3ccc(F)cn3)[C@@H](CO)C2)cc1CC1CCN(c2ccccc2C#N)CC1. The fraction of sp³-hybridized carbons (Fsp3) is 0.406. The number of piperidine rings is 1. The van der Waals surface area contributed by atoms with E-state index < -0.39 is 5.82 Å². The lowest BCUT2D eigenvalue weighted by atomic mass is 9.86. The Morgan fingerprint density at radius 2 is 1.85 bits per heavy atom. The molecule has 1 amide bonds. The van der Waals surface area contributed by atoms with E-state index in [2.05, 4.69) is 35.0 Å². The van der Waals surface area contributed by atoms with Gasteiger partial charge in [0.2, 0.25) is 0 Å². The maximum Gasteiger partial charge on any atom is 0.254 e. The maximum absolute atomic E-state index is 13.7. The molecular formula is C32H36FN5O2. The Morgan fingerprint density at radius 1 is 1.07 bits per heavy atom. The number of aryl methyl sites for hydroxylation is 2. The van der Waals surface area contributed by atoms with Crippen LogP contribution in [-0.2, 0) is 6.42 Å². The standard InChI is InChI=1S/C32H36FN5O2/c1-22-15-23(2)29(32(40)37-13-14-38(28(20-37)21-39)31-8-7-27(33)19-35-31)17-26(22)16-24-9-11-36(12-10-24)30-6-4-3-5-25(30)18-34/h3-8,15,17,19,24,28,39H,9-14,16,20-21H2,1-2H3/t28-/m1/s1. The highest BCUT2D eigenvalue weighted by Crippen LogP contribution is 2.30. The third-order valence-corrected chi connectivity index (χ3v) is 8.39. The molecule has 0 unspecified atom stereocenters. The molecule has 2 aliphatic rings. The number of nitriles is 1. The van der Waals surface area contributed by atoms with Crippen LogP contribution in [0.15, 0.2) is 54.7 Å². The first kappa shape index (κ1) is 27.6. The predicted molar refractivity (Wildman–Crippen MR) is 154 cm³/mol. The molecule has 1 aromatic heterocycles. The minimum atomic E-state index is -0.404. The molecule has 0 saturated carbocycles. The highest BCUT2D eigenvalue weighted by molar-refractivity contribution is 5.96. The zero-order valence-electron chi connectivity index (χ0n) is 23.2. The number of aliphatic hydroxyl groups excluding tert-OH is 1. The van der Waals surface area contributed by atoms with Gasteiger partial charge in [0.15, 0.2) is 0 Å². The van der Waals surface area contributed by atoms with Crippen molar-refractivity contribution in [2.45, 2.75) is 39.2 Å². The monoisotopic (exact) mass is 541 g/mol. The van der Waals surface area contributed by atoms with Gasteiger partial charge in [0.1, 0.15) is 17.7 Å². The number of aliphatic hydroxyl groups is 1. The average Bonchev–Trinajstić information content (AvgIpc) is 2.98. The molecule has 8 heteroatoms. The molecule has 1 atom stereocenters. The molecule has 5 rings (SSSR count). The number of rotatable bonds is 6. The molecule has 3 heterocycles. The molecular weight excluding hydrogens is 505 g/mol. The summed E-state index contributed by atoms with van der Waals surface area (Å²) in [6.07, 6.45) is 4.17. The van der Waals surface area contributed by atoms with Crippen LogP contribution in [0, 0.1) is 36.9 Å². The Bertz CT molecular complexity index is 1400. The summed E-state index contributed by atoms with van der Waals surface area (Å²) in [5.41, 5.74) is 5.81. The lowest BCUT2D eigenvalue weighted by Gasteiger charge is -2.41. The van der Waals surface area contributed by atoms with Gasteiger partial charge in [0.25, 0.3) is 5.91 Å². The number of benzene rings is 2. The quantitative estimate of drug-likeness (QED) is 0.495. The largest absolute Gasteiger partial charge is 0.394 e. The summed E-state index contributed by atoms with van der Waals surface area (Å²) in [4.78, 5) is 23.9. The number of piperazine rings is 1. The summed E-state index contributed by atoms with van der Waals surface area (Å²) >= 11 is 0. The smallest absolute Gasteiger partial charge is 0.254 e. The fourth-order valence-electron chi connectivity index (χ4n) is 6.09. The van der Waals surface area contributed by atoms with E-state index in [0.717, 1.165) is 49.2 Å². The molecule has 208 valence electrons. The van der Waals surface area contributed by atoms with E-state index in [4.69, 9.17) is 0 Å². The van der Waals surface area contributed by atoms with Crippen molar-refractivity contribution in [2.24, 2.45) is 5.92 Å². The topological polar surface area (TPSA) is 83.7 Å². The Morgan fingerprint density at radius 3 is 2.55 bits per heavy atom. The number of pyridine rings is 1. The van der Waals surface area contributed by atoms with Crippen molar-refractivity contribution in [3.63, 3.8) is 0 Å². The molecule has 1 N–H and O–H groups in total. The van der Waals surface area contributed by atoms with Crippen LogP contribution in [0.2, 0.25) is 0 Å². The van der Waals surface area contributed by atoms with E-state index in [-0.39, 0.29) is 18.6 Å². The van der Waals surface area contributed by atoms with Crippen molar-refractivity contribution in [2.75, 3.05) is 49.1 Å². The second-order valence-corrected chi connectivity index (χ2v) is 11.0. The summed E-state index contributed by atoms with van der Waals surface area (Å²) in [6, 6.07) is 16.9. The number of amides is 1. The molecule has 0 radical (unpaired) electrons. The average molecular weight is 542 g/mol. The van der Waals surface area contributed by atoms with Gasteiger partial charge in [-0.3, -0.25) is 4.79 Å². The maximum atomic E-state index is 13.7. The summed E-state index contributed by atoms with van der Waals surface area (Å²) < 4.78 is 13.4. The van der Waals surface area contributed by atoms with Gasteiger partial charge >= 0.3 is 0 Å². The molecule has 2 aliphatic heterocycles. The van der Waals surface area contributed by atoms with Crippen LogP contribution < -0.4 is 9.80 Å². The highest BCUT2D eigenvalue weighted by Gasteiger charge is 2.31. The Hall–Kier alpha value is -3.96. The summed E-state index contributed by atoms with van der Waals surface area (Å²) in [5.74, 6) is 0.689. The number of anilines is 2. The first-order valence-electron chi connectivity index (χ1n) is 14.0. The van der Waals surface area contributed by atoms with Gasteiger partial charge in [0, 0.05) is 38.3 Å². The summed E-state index contributed by atoms with van der Waals surface area (Å²) in [7, 11) is 0.